The highest BCUT2D eigenvalue weighted by atomic mass is 16.5. The average Bonchev–Trinajstić information content (AvgIpc) is 2.72. The van der Waals surface area contributed by atoms with Gasteiger partial charge < -0.3 is 20.4 Å². The van der Waals surface area contributed by atoms with Crippen molar-refractivity contribution in [3.05, 3.63) is 40.7 Å². The summed E-state index contributed by atoms with van der Waals surface area (Å²) in [4.78, 5) is 40.5. The van der Waals surface area contributed by atoms with Crippen LogP contribution in [-0.4, -0.2) is 40.9 Å². The summed E-state index contributed by atoms with van der Waals surface area (Å²) in [5, 5.41) is 0.894. The lowest BCUT2D eigenvalue weighted by Gasteiger charge is -2.38. The molecule has 1 heterocycles. The van der Waals surface area contributed by atoms with Crippen LogP contribution in [0.1, 0.15) is 45.4 Å². The number of benzene rings is 1. The van der Waals surface area contributed by atoms with Gasteiger partial charge >= 0.3 is 0 Å². The van der Waals surface area contributed by atoms with Crippen molar-refractivity contribution in [3.63, 3.8) is 0 Å². The predicted molar refractivity (Wildman–Crippen MR) is 112 cm³/mol. The molecule has 7 heteroatoms. The lowest BCUT2D eigenvalue weighted by Crippen LogP contribution is -2.49. The summed E-state index contributed by atoms with van der Waals surface area (Å²) in [5.41, 5.74) is 6.19. The van der Waals surface area contributed by atoms with Crippen molar-refractivity contribution in [2.45, 2.75) is 51.5 Å². The van der Waals surface area contributed by atoms with Gasteiger partial charge in [0, 0.05) is 36.0 Å². The van der Waals surface area contributed by atoms with Gasteiger partial charge in [-0.25, -0.2) is 0 Å². The van der Waals surface area contributed by atoms with E-state index in [9.17, 15) is 14.4 Å². The van der Waals surface area contributed by atoms with Crippen molar-refractivity contribution in [3.8, 4) is 5.75 Å². The van der Waals surface area contributed by atoms with Gasteiger partial charge in [0.25, 0.3) is 0 Å². The molecule has 0 saturated heterocycles. The van der Waals surface area contributed by atoms with Crippen molar-refractivity contribution in [2.24, 2.45) is 11.7 Å². The van der Waals surface area contributed by atoms with Crippen LogP contribution in [0.25, 0.3) is 10.9 Å². The first kappa shape index (κ1) is 20.9. The third-order valence-electron chi connectivity index (χ3n) is 5.66. The summed E-state index contributed by atoms with van der Waals surface area (Å²) < 4.78 is 5.78. The number of carbonyl (C=O) groups excluding carboxylic acids is 2. The Morgan fingerprint density at radius 2 is 2.00 bits per heavy atom. The van der Waals surface area contributed by atoms with Crippen LogP contribution in [0.2, 0.25) is 0 Å². The molecule has 1 aromatic heterocycles. The SMILES string of the molecule is CCN(C(=O)CCCOc1ccc2[nH]c(=O)ccc2c1)C1CCCCC1C(N)=O. The molecule has 3 rings (SSSR count). The van der Waals surface area contributed by atoms with Crippen LogP contribution in [-0.2, 0) is 9.59 Å². The van der Waals surface area contributed by atoms with E-state index in [0.29, 0.717) is 31.7 Å². The maximum atomic E-state index is 12.7. The molecule has 2 aromatic rings. The monoisotopic (exact) mass is 399 g/mol. The van der Waals surface area contributed by atoms with Crippen LogP contribution in [0.3, 0.4) is 0 Å². The van der Waals surface area contributed by atoms with Gasteiger partial charge in [-0.3, -0.25) is 14.4 Å². The highest BCUT2D eigenvalue weighted by Crippen LogP contribution is 2.29. The molecule has 2 atom stereocenters. The zero-order valence-electron chi connectivity index (χ0n) is 16.9. The Hall–Kier alpha value is -2.83. The van der Waals surface area contributed by atoms with Gasteiger partial charge in [-0.1, -0.05) is 12.8 Å². The maximum Gasteiger partial charge on any atom is 0.248 e. The van der Waals surface area contributed by atoms with Gasteiger partial charge in [0.1, 0.15) is 5.75 Å². The van der Waals surface area contributed by atoms with Gasteiger partial charge in [0.2, 0.25) is 17.4 Å². The summed E-state index contributed by atoms with van der Waals surface area (Å²) >= 11 is 0. The topological polar surface area (TPSA) is 105 Å². The molecule has 0 bridgehead atoms. The fraction of sp³-hybridized carbons (Fsp3) is 0.500. The minimum Gasteiger partial charge on any atom is -0.494 e. The first-order chi connectivity index (χ1) is 14.0. The van der Waals surface area contributed by atoms with Crippen LogP contribution < -0.4 is 16.0 Å². The van der Waals surface area contributed by atoms with Gasteiger partial charge in [-0.15, -0.1) is 0 Å². The smallest absolute Gasteiger partial charge is 0.248 e. The molecule has 1 saturated carbocycles. The number of hydrogen-bond donors (Lipinski definition) is 2. The van der Waals surface area contributed by atoms with Crippen molar-refractivity contribution in [2.75, 3.05) is 13.2 Å². The van der Waals surface area contributed by atoms with Crippen LogP contribution in [0.15, 0.2) is 35.1 Å². The Kier molecular flexibility index (Phi) is 6.90. The van der Waals surface area contributed by atoms with Crippen LogP contribution in [0.5, 0.6) is 5.75 Å². The summed E-state index contributed by atoms with van der Waals surface area (Å²) in [5.74, 6) is 0.200. The molecule has 2 unspecified atom stereocenters. The van der Waals surface area contributed by atoms with E-state index in [4.69, 9.17) is 10.5 Å². The van der Waals surface area contributed by atoms with Gasteiger partial charge in [0.15, 0.2) is 0 Å². The summed E-state index contributed by atoms with van der Waals surface area (Å²) in [7, 11) is 0. The zero-order chi connectivity index (χ0) is 20.8. The number of rotatable bonds is 8. The van der Waals surface area contributed by atoms with Crippen LogP contribution >= 0.6 is 0 Å². The maximum absolute atomic E-state index is 12.7. The fourth-order valence-corrected chi connectivity index (χ4v) is 4.19. The molecule has 1 aliphatic carbocycles. The minimum atomic E-state index is -0.304. The zero-order valence-corrected chi connectivity index (χ0v) is 16.9. The number of hydrogen-bond acceptors (Lipinski definition) is 4. The average molecular weight is 399 g/mol. The van der Waals surface area contributed by atoms with Gasteiger partial charge in [-0.05, 0) is 50.5 Å². The molecule has 2 amide bonds. The number of carbonyl (C=O) groups is 2. The quantitative estimate of drug-likeness (QED) is 0.666. The molecule has 29 heavy (non-hydrogen) atoms. The summed E-state index contributed by atoms with van der Waals surface area (Å²) in [6.07, 6.45) is 4.57. The molecule has 7 nitrogen and oxygen atoms in total. The van der Waals surface area contributed by atoms with E-state index in [1.54, 1.807) is 12.1 Å². The molecular formula is C22H29N3O4. The Morgan fingerprint density at radius 1 is 1.21 bits per heavy atom. The van der Waals surface area contributed by atoms with E-state index in [-0.39, 0.29) is 29.3 Å². The second-order valence-corrected chi connectivity index (χ2v) is 7.56. The molecular weight excluding hydrogens is 370 g/mol. The lowest BCUT2D eigenvalue weighted by molar-refractivity contribution is -0.138. The fourth-order valence-electron chi connectivity index (χ4n) is 4.19. The first-order valence-corrected chi connectivity index (χ1v) is 10.3. The third kappa shape index (κ3) is 5.16. The molecule has 0 spiro atoms. The second kappa shape index (κ2) is 9.58. The molecule has 1 fully saturated rings. The predicted octanol–water partition coefficient (Wildman–Crippen LogP) is 2.58. The number of aromatic amines is 1. The largest absolute Gasteiger partial charge is 0.494 e. The number of H-pyrrole nitrogens is 1. The van der Waals surface area contributed by atoms with Crippen molar-refractivity contribution >= 4 is 22.7 Å². The van der Waals surface area contributed by atoms with Crippen molar-refractivity contribution in [1.29, 1.82) is 0 Å². The normalized spacial score (nSPS) is 19.1. The third-order valence-corrected chi connectivity index (χ3v) is 5.66. The first-order valence-electron chi connectivity index (χ1n) is 10.3. The van der Waals surface area contributed by atoms with E-state index < -0.39 is 0 Å². The Morgan fingerprint density at radius 3 is 2.76 bits per heavy atom. The van der Waals surface area contributed by atoms with Crippen molar-refractivity contribution in [1.82, 2.24) is 9.88 Å². The van der Waals surface area contributed by atoms with Gasteiger partial charge in [-0.2, -0.15) is 0 Å². The van der Waals surface area contributed by atoms with Gasteiger partial charge in [0.05, 0.1) is 12.5 Å². The molecule has 0 radical (unpaired) electrons. The Bertz CT molecular complexity index is 924. The molecule has 3 N–H and O–H groups in total. The van der Waals surface area contributed by atoms with E-state index in [0.717, 1.165) is 36.6 Å². The molecule has 0 aliphatic heterocycles. The number of pyridine rings is 1. The lowest BCUT2D eigenvalue weighted by atomic mass is 9.83. The number of amides is 2. The van der Waals surface area contributed by atoms with Crippen molar-refractivity contribution < 1.29 is 14.3 Å². The number of ether oxygens (including phenoxy) is 1. The number of nitrogens with one attached hydrogen (secondary N) is 1. The second-order valence-electron chi connectivity index (χ2n) is 7.56. The van der Waals surface area contributed by atoms with Crippen LogP contribution in [0.4, 0.5) is 0 Å². The van der Waals surface area contributed by atoms with E-state index >= 15 is 0 Å². The molecule has 1 aliphatic rings. The molecule has 1 aromatic carbocycles. The number of aromatic nitrogens is 1. The van der Waals surface area contributed by atoms with E-state index in [1.165, 1.54) is 6.07 Å². The number of nitrogens with zero attached hydrogens (tertiary/aromatic N) is 1. The summed E-state index contributed by atoms with van der Waals surface area (Å²) in [6.45, 7) is 2.94. The number of primary amides is 1. The number of nitrogens with two attached hydrogens (primary N) is 1. The van der Waals surface area contributed by atoms with E-state index in [2.05, 4.69) is 4.98 Å². The standard InChI is InChI=1S/C22H29N3O4/c1-2-25(19-7-4-3-6-17(19)22(23)28)21(27)8-5-13-29-16-10-11-18-15(14-16)9-12-20(26)24-18/h9-12,14,17,19H,2-8,13H2,1H3,(H2,23,28)(H,24,26). The minimum absolute atomic E-state index is 0.0466. The van der Waals surface area contributed by atoms with E-state index in [1.807, 2.05) is 24.0 Å². The van der Waals surface area contributed by atoms with Crippen LogP contribution in [0, 0.1) is 5.92 Å². The summed E-state index contributed by atoms with van der Waals surface area (Å²) in [6, 6.07) is 8.63. The Labute approximate surface area is 170 Å². The molecule has 156 valence electrons. The highest BCUT2D eigenvalue weighted by molar-refractivity contribution is 5.81. The highest BCUT2D eigenvalue weighted by Gasteiger charge is 2.34. The Balaban J connectivity index is 1.52. The number of fused-ring (bicyclic) bond motifs is 1.